The fourth-order valence-corrected chi connectivity index (χ4v) is 3.95. The zero-order valence-electron chi connectivity index (χ0n) is 13.5. The minimum absolute atomic E-state index is 0.732. The van der Waals surface area contributed by atoms with Crippen LogP contribution in [0.4, 0.5) is 0 Å². The molecule has 1 aliphatic rings. The summed E-state index contributed by atoms with van der Waals surface area (Å²) in [5.74, 6) is 3.20. The number of pyridine rings is 1. The highest BCUT2D eigenvalue weighted by atomic mass is 32.2. The molecule has 124 valence electrons. The highest BCUT2D eigenvalue weighted by Gasteiger charge is 2.15. The predicted molar refractivity (Wildman–Crippen MR) is 96.2 cm³/mol. The van der Waals surface area contributed by atoms with Crippen molar-refractivity contribution in [3.8, 4) is 0 Å². The smallest absolute Gasteiger partial charge is 0.191 e. The minimum Gasteiger partial charge on any atom is -0.356 e. The van der Waals surface area contributed by atoms with E-state index in [9.17, 15) is 0 Å². The van der Waals surface area contributed by atoms with Crippen LogP contribution in [0.25, 0.3) is 5.65 Å². The molecular formula is C16H24N6S. The van der Waals surface area contributed by atoms with Gasteiger partial charge >= 0.3 is 0 Å². The van der Waals surface area contributed by atoms with Crippen LogP contribution in [-0.2, 0) is 6.42 Å². The Morgan fingerprint density at radius 2 is 2.35 bits per heavy atom. The van der Waals surface area contributed by atoms with Crippen LogP contribution in [0.15, 0.2) is 29.4 Å². The molecule has 3 heterocycles. The van der Waals surface area contributed by atoms with Crippen LogP contribution in [0.1, 0.15) is 25.1 Å². The Hall–Kier alpha value is -1.76. The summed E-state index contributed by atoms with van der Waals surface area (Å²) in [4.78, 5) is 4.29. The molecule has 6 nitrogen and oxygen atoms in total. The molecule has 23 heavy (non-hydrogen) atoms. The van der Waals surface area contributed by atoms with Gasteiger partial charge in [0.2, 0.25) is 0 Å². The first-order valence-corrected chi connectivity index (χ1v) is 9.26. The molecule has 2 N–H and O–H groups in total. The molecule has 0 amide bonds. The van der Waals surface area contributed by atoms with Crippen molar-refractivity contribution >= 4 is 23.4 Å². The van der Waals surface area contributed by atoms with E-state index >= 15 is 0 Å². The SMILES string of the molecule is CN=C(NCCCc1nnc2ccccn12)NCC1CCCS1. The lowest BCUT2D eigenvalue weighted by Crippen LogP contribution is -2.40. The van der Waals surface area contributed by atoms with E-state index in [-0.39, 0.29) is 0 Å². The molecular weight excluding hydrogens is 308 g/mol. The first-order valence-electron chi connectivity index (χ1n) is 8.21. The maximum absolute atomic E-state index is 4.29. The van der Waals surface area contributed by atoms with Gasteiger partial charge < -0.3 is 10.6 Å². The second-order valence-corrected chi connectivity index (χ2v) is 7.07. The van der Waals surface area contributed by atoms with Crippen molar-refractivity contribution in [2.45, 2.75) is 30.9 Å². The van der Waals surface area contributed by atoms with Gasteiger partial charge in [-0.05, 0) is 37.1 Å². The molecule has 0 spiro atoms. The molecule has 0 saturated carbocycles. The van der Waals surface area contributed by atoms with Crippen molar-refractivity contribution in [3.05, 3.63) is 30.2 Å². The first-order chi connectivity index (χ1) is 11.4. The number of aromatic nitrogens is 3. The van der Waals surface area contributed by atoms with E-state index in [0.29, 0.717) is 0 Å². The maximum Gasteiger partial charge on any atom is 0.191 e. The third-order valence-electron chi connectivity index (χ3n) is 4.00. The average molecular weight is 332 g/mol. The Bertz CT molecular complexity index is 647. The lowest BCUT2D eigenvalue weighted by Gasteiger charge is -2.14. The van der Waals surface area contributed by atoms with E-state index < -0.39 is 0 Å². The summed E-state index contributed by atoms with van der Waals surface area (Å²) in [6.07, 6.45) is 6.56. The quantitative estimate of drug-likeness (QED) is 0.479. The van der Waals surface area contributed by atoms with Gasteiger partial charge in [0.1, 0.15) is 5.82 Å². The number of nitrogens with one attached hydrogen (secondary N) is 2. The summed E-state index contributed by atoms with van der Waals surface area (Å²) in [6, 6.07) is 5.96. The Kier molecular flexibility index (Phi) is 5.74. The van der Waals surface area contributed by atoms with Crippen LogP contribution in [0, 0.1) is 0 Å². The number of thioether (sulfide) groups is 1. The molecule has 1 atom stereocenters. The summed E-state index contributed by atoms with van der Waals surface area (Å²) in [5.41, 5.74) is 0.905. The number of fused-ring (bicyclic) bond motifs is 1. The Morgan fingerprint density at radius 3 is 3.17 bits per heavy atom. The number of aliphatic imine (C=N–C) groups is 1. The zero-order chi connectivity index (χ0) is 15.9. The van der Waals surface area contributed by atoms with Crippen molar-refractivity contribution in [1.29, 1.82) is 0 Å². The van der Waals surface area contributed by atoms with Gasteiger partial charge in [-0.1, -0.05) is 6.07 Å². The predicted octanol–water partition coefficient (Wildman–Crippen LogP) is 1.72. The molecule has 0 radical (unpaired) electrons. The molecule has 2 aromatic heterocycles. The molecule has 0 aliphatic carbocycles. The molecule has 1 unspecified atom stereocenters. The van der Waals surface area contributed by atoms with Crippen LogP contribution >= 0.6 is 11.8 Å². The number of rotatable bonds is 6. The summed E-state index contributed by atoms with van der Waals surface area (Å²) in [5, 5.41) is 16.0. The van der Waals surface area contributed by atoms with Crippen LogP contribution in [0.2, 0.25) is 0 Å². The van der Waals surface area contributed by atoms with Crippen molar-refractivity contribution in [2.24, 2.45) is 4.99 Å². The molecule has 7 heteroatoms. The molecule has 1 aliphatic heterocycles. The van der Waals surface area contributed by atoms with Gasteiger partial charge in [-0.25, -0.2) is 0 Å². The van der Waals surface area contributed by atoms with E-state index in [1.807, 2.05) is 35.8 Å². The molecule has 1 saturated heterocycles. The minimum atomic E-state index is 0.732. The first kappa shape index (κ1) is 16.1. The standard InChI is InChI=1S/C16H24N6S/c1-17-16(19-12-13-6-5-11-23-13)18-9-4-8-15-21-20-14-7-2-3-10-22(14)15/h2-3,7,10,13H,4-6,8-9,11-12H2,1H3,(H2,17,18,19). The highest BCUT2D eigenvalue weighted by molar-refractivity contribution is 8.00. The molecule has 0 bridgehead atoms. The van der Waals surface area contributed by atoms with Crippen LogP contribution in [0.5, 0.6) is 0 Å². The normalized spacial score (nSPS) is 18.5. The van der Waals surface area contributed by atoms with Gasteiger partial charge in [0, 0.05) is 38.0 Å². The Balaban J connectivity index is 1.39. The number of nitrogens with zero attached hydrogens (tertiary/aromatic N) is 4. The summed E-state index contributed by atoms with van der Waals surface area (Å²) in [7, 11) is 1.82. The molecule has 1 fully saturated rings. The van der Waals surface area contributed by atoms with E-state index in [2.05, 4.69) is 37.6 Å². The number of aryl methyl sites for hydroxylation is 1. The van der Waals surface area contributed by atoms with E-state index in [1.54, 1.807) is 0 Å². The Labute approximate surface area is 141 Å². The van der Waals surface area contributed by atoms with Crippen molar-refractivity contribution in [2.75, 3.05) is 25.9 Å². The van der Waals surface area contributed by atoms with Crippen molar-refractivity contribution in [3.63, 3.8) is 0 Å². The van der Waals surface area contributed by atoms with Crippen molar-refractivity contribution in [1.82, 2.24) is 25.2 Å². The summed E-state index contributed by atoms with van der Waals surface area (Å²) < 4.78 is 2.05. The van der Waals surface area contributed by atoms with Gasteiger partial charge in [0.25, 0.3) is 0 Å². The fraction of sp³-hybridized carbons (Fsp3) is 0.562. The van der Waals surface area contributed by atoms with Gasteiger partial charge in [-0.15, -0.1) is 10.2 Å². The van der Waals surface area contributed by atoms with Crippen LogP contribution in [0.3, 0.4) is 0 Å². The zero-order valence-corrected chi connectivity index (χ0v) is 14.4. The maximum atomic E-state index is 4.29. The number of guanidine groups is 1. The number of hydrogen-bond acceptors (Lipinski definition) is 4. The monoisotopic (exact) mass is 332 g/mol. The van der Waals surface area contributed by atoms with Gasteiger partial charge in [0.05, 0.1) is 0 Å². The summed E-state index contributed by atoms with van der Waals surface area (Å²) in [6.45, 7) is 1.87. The van der Waals surface area contributed by atoms with Crippen molar-refractivity contribution < 1.29 is 0 Å². The van der Waals surface area contributed by atoms with Gasteiger partial charge in [0.15, 0.2) is 11.6 Å². The van der Waals surface area contributed by atoms with E-state index in [4.69, 9.17) is 0 Å². The van der Waals surface area contributed by atoms with Gasteiger partial charge in [-0.3, -0.25) is 9.39 Å². The second kappa shape index (κ2) is 8.19. The lowest BCUT2D eigenvalue weighted by atomic mass is 10.2. The third kappa shape index (κ3) is 4.37. The highest BCUT2D eigenvalue weighted by Crippen LogP contribution is 2.25. The van der Waals surface area contributed by atoms with E-state index in [1.165, 1.54) is 18.6 Å². The van der Waals surface area contributed by atoms with Crippen LogP contribution < -0.4 is 10.6 Å². The molecule has 0 aromatic carbocycles. The topological polar surface area (TPSA) is 66.6 Å². The second-order valence-electron chi connectivity index (χ2n) is 5.66. The largest absolute Gasteiger partial charge is 0.356 e. The fourth-order valence-electron chi connectivity index (χ4n) is 2.75. The summed E-state index contributed by atoms with van der Waals surface area (Å²) >= 11 is 2.06. The third-order valence-corrected chi connectivity index (χ3v) is 5.40. The molecule has 3 rings (SSSR count). The van der Waals surface area contributed by atoms with Crippen LogP contribution in [-0.4, -0.2) is 51.7 Å². The lowest BCUT2D eigenvalue weighted by molar-refractivity contribution is 0.697. The van der Waals surface area contributed by atoms with Gasteiger partial charge in [-0.2, -0.15) is 11.8 Å². The average Bonchev–Trinajstić information content (AvgIpc) is 3.24. The Morgan fingerprint density at radius 1 is 1.39 bits per heavy atom. The molecule has 2 aromatic rings. The number of hydrogen-bond donors (Lipinski definition) is 2. The van der Waals surface area contributed by atoms with E-state index in [0.717, 1.165) is 48.6 Å².